The van der Waals surface area contributed by atoms with E-state index in [1.807, 2.05) is 20.8 Å². The number of phosphoric acid groups is 2. The molecule has 0 aliphatic carbocycles. The highest BCUT2D eigenvalue weighted by Gasteiger charge is 2.35. The topological polar surface area (TPSA) is 180 Å². The van der Waals surface area contributed by atoms with Crippen LogP contribution in [0, 0.1) is 0 Å². The van der Waals surface area contributed by atoms with Crippen molar-refractivity contribution < 1.29 is 52.4 Å². The zero-order valence-corrected chi connectivity index (χ0v) is 21.5. The zero-order chi connectivity index (χ0) is 25.7. The second-order valence-corrected chi connectivity index (χ2v) is 11.5. The third-order valence-corrected chi connectivity index (χ3v) is 7.00. The first kappa shape index (κ1) is 32.1. The maximum absolute atomic E-state index is 11.9. The van der Waals surface area contributed by atoms with Crippen molar-refractivity contribution in [1.82, 2.24) is 0 Å². The first-order chi connectivity index (χ1) is 15.0. The highest BCUT2D eigenvalue weighted by molar-refractivity contribution is 7.61. The molecule has 194 valence electrons. The van der Waals surface area contributed by atoms with Crippen LogP contribution in [-0.2, 0) is 27.3 Å². The summed E-state index contributed by atoms with van der Waals surface area (Å²) in [5.41, 5.74) is 0.548. The van der Waals surface area contributed by atoms with Gasteiger partial charge >= 0.3 is 21.6 Å². The number of aliphatic carboxylic acids is 1. The van der Waals surface area contributed by atoms with Crippen LogP contribution < -0.4 is 0 Å². The summed E-state index contributed by atoms with van der Waals surface area (Å²) in [4.78, 5) is 29.9. The van der Waals surface area contributed by atoms with Gasteiger partial charge in [-0.2, -0.15) is 4.31 Å². The van der Waals surface area contributed by atoms with Gasteiger partial charge in [0.1, 0.15) is 0 Å². The fraction of sp³-hybridized carbons (Fsp3) is 0.750. The molecular weight excluding hydrogens is 478 g/mol. The number of hydrogen-bond donors (Lipinski definition) is 5. The summed E-state index contributed by atoms with van der Waals surface area (Å²) in [6, 6.07) is 0. The molecule has 0 aromatic rings. The number of carboxylic acid groups (broad SMARTS) is 1. The summed E-state index contributed by atoms with van der Waals surface area (Å²) in [5, 5.41) is 28.5. The molecule has 0 heterocycles. The third-order valence-electron chi connectivity index (χ3n) is 4.36. The largest absolute Gasteiger partial charge is 0.481 e. The molecule has 0 saturated carbocycles. The predicted octanol–water partition coefficient (Wildman–Crippen LogP) is 4.08. The molecule has 0 spiro atoms. The fourth-order valence-electron chi connectivity index (χ4n) is 2.81. The normalized spacial score (nSPS) is 18.6. The van der Waals surface area contributed by atoms with Gasteiger partial charge in [-0.15, -0.1) is 0 Å². The molecule has 4 unspecified atom stereocenters. The van der Waals surface area contributed by atoms with Gasteiger partial charge in [-0.05, 0) is 59.8 Å². The molecule has 33 heavy (non-hydrogen) atoms. The Morgan fingerprint density at radius 3 is 2.24 bits per heavy atom. The van der Waals surface area contributed by atoms with Crippen LogP contribution in [0.2, 0.25) is 0 Å². The molecule has 0 fully saturated rings. The predicted molar refractivity (Wildman–Crippen MR) is 122 cm³/mol. The second kappa shape index (κ2) is 15.2. The highest BCUT2D eigenvalue weighted by atomic mass is 31.3. The molecule has 11 nitrogen and oxygen atoms in total. The lowest BCUT2D eigenvalue weighted by atomic mass is 9.93. The molecule has 0 amide bonds. The van der Waals surface area contributed by atoms with Crippen LogP contribution in [0.4, 0.5) is 0 Å². The number of unbranched alkanes of at least 4 members (excludes halogenated alkanes) is 1. The lowest BCUT2D eigenvalue weighted by Crippen LogP contribution is -2.32. The molecule has 0 saturated heterocycles. The van der Waals surface area contributed by atoms with E-state index in [1.165, 1.54) is 12.5 Å². The van der Waals surface area contributed by atoms with Crippen molar-refractivity contribution in [2.45, 2.75) is 84.3 Å². The van der Waals surface area contributed by atoms with E-state index in [2.05, 4.69) is 19.4 Å². The number of carbonyl (C=O) groups is 1. The first-order valence-electron chi connectivity index (χ1n) is 10.6. The summed E-state index contributed by atoms with van der Waals surface area (Å²) in [7, 11) is -9.68. The summed E-state index contributed by atoms with van der Waals surface area (Å²) in [5.74, 6) is -1.19. The number of rotatable bonds is 18. The summed E-state index contributed by atoms with van der Waals surface area (Å²) in [6.07, 6.45) is 4.29. The van der Waals surface area contributed by atoms with Gasteiger partial charge in [0.15, 0.2) is 0 Å². The minimum atomic E-state index is -4.85. The van der Waals surface area contributed by atoms with Crippen molar-refractivity contribution in [3.8, 4) is 0 Å². The SMILES string of the molecule is CC(C)=CCCC(C)=CCOP(=O)(O)OP(=O)(O)OCCCCC(O)CC(C)(O)CC(=O)O. The minimum Gasteiger partial charge on any atom is -0.481 e. The van der Waals surface area contributed by atoms with Crippen LogP contribution in [0.15, 0.2) is 23.3 Å². The molecule has 0 radical (unpaired) electrons. The number of aliphatic hydroxyl groups is 2. The van der Waals surface area contributed by atoms with Crippen LogP contribution in [0.3, 0.4) is 0 Å². The Morgan fingerprint density at radius 1 is 1.06 bits per heavy atom. The van der Waals surface area contributed by atoms with Crippen LogP contribution in [0.25, 0.3) is 0 Å². The Bertz CT molecular complexity index is 757. The van der Waals surface area contributed by atoms with Gasteiger partial charge in [-0.1, -0.05) is 23.3 Å². The molecule has 0 aliphatic heterocycles. The van der Waals surface area contributed by atoms with E-state index in [9.17, 15) is 33.9 Å². The van der Waals surface area contributed by atoms with Gasteiger partial charge in [-0.3, -0.25) is 13.8 Å². The molecule has 0 aromatic heterocycles. The van der Waals surface area contributed by atoms with Crippen LogP contribution in [-0.4, -0.2) is 56.0 Å². The first-order valence-corrected chi connectivity index (χ1v) is 13.6. The number of carboxylic acids is 1. The summed E-state index contributed by atoms with van der Waals surface area (Å²) in [6.45, 7) is 6.53. The van der Waals surface area contributed by atoms with Gasteiger partial charge in [-0.25, -0.2) is 9.13 Å². The maximum atomic E-state index is 11.9. The summed E-state index contributed by atoms with van der Waals surface area (Å²) >= 11 is 0. The standard InChI is InChI=1S/C20H38O11P2/c1-16(2)8-7-9-17(3)11-13-30-33(27,28)31-32(25,26)29-12-6-5-10-18(21)14-20(4,24)15-19(22)23/h8,11,18,21,24H,5-7,9-10,12-15H2,1-4H3,(H,22,23)(H,25,26)(H,27,28). The van der Waals surface area contributed by atoms with Crippen molar-refractivity contribution in [2.24, 2.45) is 0 Å². The van der Waals surface area contributed by atoms with Gasteiger partial charge in [0.05, 0.1) is 31.3 Å². The van der Waals surface area contributed by atoms with Gasteiger partial charge in [0, 0.05) is 6.42 Å². The van der Waals surface area contributed by atoms with Gasteiger partial charge < -0.3 is 25.1 Å². The van der Waals surface area contributed by atoms with Crippen LogP contribution >= 0.6 is 15.6 Å². The van der Waals surface area contributed by atoms with E-state index in [1.54, 1.807) is 6.08 Å². The quantitative estimate of drug-likeness (QED) is 0.101. The Morgan fingerprint density at radius 2 is 1.67 bits per heavy atom. The lowest BCUT2D eigenvalue weighted by molar-refractivity contribution is -0.142. The lowest BCUT2D eigenvalue weighted by Gasteiger charge is -2.24. The Labute approximate surface area is 195 Å². The molecule has 0 rings (SSSR count). The minimum absolute atomic E-state index is 0.143. The van der Waals surface area contributed by atoms with Crippen molar-refractivity contribution in [1.29, 1.82) is 0 Å². The Hall–Kier alpha value is -0.870. The van der Waals surface area contributed by atoms with Crippen LogP contribution in [0.5, 0.6) is 0 Å². The Kier molecular flexibility index (Phi) is 14.8. The molecule has 5 N–H and O–H groups in total. The van der Waals surface area contributed by atoms with E-state index in [0.717, 1.165) is 18.4 Å². The molecular formula is C20H38O11P2. The van der Waals surface area contributed by atoms with E-state index in [0.29, 0.717) is 6.42 Å². The van der Waals surface area contributed by atoms with E-state index >= 15 is 0 Å². The molecule has 0 bridgehead atoms. The maximum Gasteiger partial charge on any atom is 0.481 e. The summed E-state index contributed by atoms with van der Waals surface area (Å²) < 4.78 is 37.3. The average Bonchev–Trinajstić information content (AvgIpc) is 2.57. The van der Waals surface area contributed by atoms with Gasteiger partial charge in [0.2, 0.25) is 0 Å². The monoisotopic (exact) mass is 516 g/mol. The van der Waals surface area contributed by atoms with E-state index < -0.39 is 39.7 Å². The van der Waals surface area contributed by atoms with E-state index in [-0.39, 0.29) is 32.5 Å². The Balaban J connectivity index is 4.27. The second-order valence-electron chi connectivity index (χ2n) is 8.44. The fourth-order valence-corrected chi connectivity index (χ4v) is 4.85. The number of aliphatic hydroxyl groups excluding tert-OH is 1. The number of allylic oxidation sites excluding steroid dienone is 3. The van der Waals surface area contributed by atoms with Crippen molar-refractivity contribution in [3.05, 3.63) is 23.3 Å². The smallest absolute Gasteiger partial charge is 0.481 e. The molecule has 0 aromatic carbocycles. The van der Waals surface area contributed by atoms with Crippen molar-refractivity contribution in [2.75, 3.05) is 13.2 Å². The molecule has 4 atom stereocenters. The number of phosphoric ester groups is 2. The van der Waals surface area contributed by atoms with E-state index in [4.69, 9.17) is 5.11 Å². The molecule has 13 heteroatoms. The van der Waals surface area contributed by atoms with Crippen molar-refractivity contribution >= 4 is 21.6 Å². The third kappa shape index (κ3) is 19.2. The molecule has 0 aliphatic rings. The highest BCUT2D eigenvalue weighted by Crippen LogP contribution is 2.60. The van der Waals surface area contributed by atoms with Gasteiger partial charge in [0.25, 0.3) is 0 Å². The van der Waals surface area contributed by atoms with Crippen molar-refractivity contribution in [3.63, 3.8) is 0 Å². The van der Waals surface area contributed by atoms with Crippen LogP contribution in [0.1, 0.15) is 72.6 Å². The number of hydrogen-bond acceptors (Lipinski definition) is 8. The average molecular weight is 516 g/mol. The zero-order valence-electron chi connectivity index (χ0n) is 19.7.